The summed E-state index contributed by atoms with van der Waals surface area (Å²) in [4.78, 5) is 9.61. The fourth-order valence-corrected chi connectivity index (χ4v) is 2.77. The highest BCUT2D eigenvalue weighted by Gasteiger charge is 2.02. The lowest BCUT2D eigenvalue weighted by Crippen LogP contribution is -2.01. The number of rotatable bonds is 5. The minimum Gasteiger partial charge on any atom is -0.380 e. The van der Waals surface area contributed by atoms with E-state index in [9.17, 15) is 0 Å². The molecule has 0 radical (unpaired) electrons. The number of hydrogen-bond acceptors (Lipinski definition) is 4. The van der Waals surface area contributed by atoms with Gasteiger partial charge in [-0.3, -0.25) is 0 Å². The molecule has 0 amide bonds. The molecule has 0 bridgehead atoms. The van der Waals surface area contributed by atoms with Crippen LogP contribution < -0.4 is 5.32 Å². The predicted octanol–water partition coefficient (Wildman–Crippen LogP) is 3.31. The van der Waals surface area contributed by atoms with Crippen LogP contribution in [0, 0.1) is 6.92 Å². The number of aromatic nitrogens is 3. The third kappa shape index (κ3) is 3.05. The maximum absolute atomic E-state index is 4.26. The van der Waals surface area contributed by atoms with Crippen LogP contribution in [-0.2, 0) is 13.1 Å². The van der Waals surface area contributed by atoms with E-state index in [1.54, 1.807) is 17.5 Å². The number of nitrogens with one attached hydrogen (secondary N) is 1. The van der Waals surface area contributed by atoms with Crippen molar-refractivity contribution in [3.05, 3.63) is 64.6 Å². The molecule has 1 aromatic carbocycles. The maximum atomic E-state index is 4.26. The molecule has 0 spiro atoms. The first-order valence-electron chi connectivity index (χ1n) is 6.49. The van der Waals surface area contributed by atoms with Crippen molar-refractivity contribution in [2.24, 2.45) is 0 Å². The van der Waals surface area contributed by atoms with E-state index in [1.807, 2.05) is 25.0 Å². The number of nitrogens with zero attached hydrogens (tertiary/aromatic N) is 3. The van der Waals surface area contributed by atoms with E-state index in [4.69, 9.17) is 0 Å². The van der Waals surface area contributed by atoms with Crippen LogP contribution >= 0.6 is 11.3 Å². The van der Waals surface area contributed by atoms with Gasteiger partial charge < -0.3 is 9.88 Å². The Balaban J connectivity index is 1.67. The zero-order chi connectivity index (χ0) is 13.8. The van der Waals surface area contributed by atoms with Crippen LogP contribution in [0.3, 0.4) is 0 Å². The number of benzene rings is 1. The molecule has 0 saturated carbocycles. The summed E-state index contributed by atoms with van der Waals surface area (Å²) >= 11 is 1.69. The highest BCUT2D eigenvalue weighted by molar-refractivity contribution is 7.09. The molecule has 0 saturated heterocycles. The second-order valence-electron chi connectivity index (χ2n) is 4.65. The molecule has 0 aliphatic carbocycles. The third-order valence-corrected chi connectivity index (χ3v) is 4.08. The summed E-state index contributed by atoms with van der Waals surface area (Å²) in [5.41, 5.74) is 5.39. The normalized spacial score (nSPS) is 10.7. The molecule has 0 aliphatic heterocycles. The van der Waals surface area contributed by atoms with E-state index in [-0.39, 0.29) is 0 Å². The van der Waals surface area contributed by atoms with Crippen LogP contribution in [0.25, 0.3) is 0 Å². The molecule has 20 heavy (non-hydrogen) atoms. The van der Waals surface area contributed by atoms with Gasteiger partial charge in [0.15, 0.2) is 0 Å². The summed E-state index contributed by atoms with van der Waals surface area (Å²) in [5, 5.41) is 3.45. The third-order valence-electron chi connectivity index (χ3n) is 3.15. The van der Waals surface area contributed by atoms with Gasteiger partial charge in [-0.05, 0) is 24.6 Å². The van der Waals surface area contributed by atoms with Crippen molar-refractivity contribution in [1.29, 1.82) is 0 Å². The molecule has 1 N–H and O–H groups in total. The zero-order valence-electron chi connectivity index (χ0n) is 11.3. The molecule has 102 valence electrons. The second-order valence-corrected chi connectivity index (χ2v) is 5.59. The minimum absolute atomic E-state index is 0.824. The van der Waals surface area contributed by atoms with Crippen molar-refractivity contribution in [2.45, 2.75) is 20.0 Å². The van der Waals surface area contributed by atoms with Crippen LogP contribution in [0.2, 0.25) is 0 Å². The Bertz CT molecular complexity index is 673. The summed E-state index contributed by atoms with van der Waals surface area (Å²) in [5.74, 6) is 0. The first-order chi connectivity index (χ1) is 9.81. The summed E-state index contributed by atoms with van der Waals surface area (Å²) in [7, 11) is 0. The monoisotopic (exact) mass is 284 g/mol. The largest absolute Gasteiger partial charge is 0.380 e. The average molecular weight is 284 g/mol. The molecule has 2 aromatic heterocycles. The molecule has 0 fully saturated rings. The predicted molar refractivity (Wildman–Crippen MR) is 81.9 cm³/mol. The van der Waals surface area contributed by atoms with Gasteiger partial charge in [-0.15, -0.1) is 11.3 Å². The molecule has 3 aromatic rings. The number of aryl methyl sites for hydroxylation is 1. The van der Waals surface area contributed by atoms with E-state index < -0.39 is 0 Å². The summed E-state index contributed by atoms with van der Waals surface area (Å²) in [6.45, 7) is 3.71. The van der Waals surface area contributed by atoms with Gasteiger partial charge in [-0.1, -0.05) is 12.1 Å². The molecule has 0 atom stereocenters. The van der Waals surface area contributed by atoms with Crippen molar-refractivity contribution in [3.8, 4) is 0 Å². The Hall–Kier alpha value is -2.14. The molecule has 0 unspecified atom stereocenters. The lowest BCUT2D eigenvalue weighted by atomic mass is 10.2. The Kier molecular flexibility index (Phi) is 3.78. The quantitative estimate of drug-likeness (QED) is 0.781. The zero-order valence-corrected chi connectivity index (χ0v) is 12.1. The highest BCUT2D eigenvalue weighted by Crippen LogP contribution is 2.16. The number of imidazole rings is 1. The molecular formula is C15H16N4S. The van der Waals surface area contributed by atoms with Crippen LogP contribution in [-0.4, -0.2) is 14.5 Å². The smallest absolute Gasteiger partial charge is 0.0949 e. The van der Waals surface area contributed by atoms with E-state index in [0.29, 0.717) is 0 Å². The Morgan fingerprint density at radius 2 is 2.30 bits per heavy atom. The number of anilines is 1. The number of thiazole rings is 1. The summed E-state index contributed by atoms with van der Waals surface area (Å²) < 4.78 is 2.06. The van der Waals surface area contributed by atoms with Gasteiger partial charge in [0.05, 0.1) is 24.1 Å². The number of hydrogen-bond donors (Lipinski definition) is 1. The summed E-state index contributed by atoms with van der Waals surface area (Å²) in [6, 6.07) is 8.47. The van der Waals surface area contributed by atoms with Crippen molar-refractivity contribution < 1.29 is 0 Å². The molecule has 0 aliphatic rings. The average Bonchev–Trinajstić information content (AvgIpc) is 3.09. The Morgan fingerprint density at radius 1 is 1.35 bits per heavy atom. The van der Waals surface area contributed by atoms with Crippen LogP contribution in [0.1, 0.15) is 16.1 Å². The summed E-state index contributed by atoms with van der Waals surface area (Å²) in [6.07, 6.45) is 5.61. The minimum atomic E-state index is 0.824. The fraction of sp³-hybridized carbons (Fsp3) is 0.200. The lowest BCUT2D eigenvalue weighted by Gasteiger charge is -2.08. The standard InChI is InChI=1S/C15H16N4S/c1-12-15(20-11-18-12)8-17-14-4-2-3-13(7-14)9-19-6-5-16-10-19/h2-7,10-11,17H,8-9H2,1H3. The first-order valence-corrected chi connectivity index (χ1v) is 7.37. The molecule has 4 nitrogen and oxygen atoms in total. The van der Waals surface area contributed by atoms with Crippen LogP contribution in [0.4, 0.5) is 5.69 Å². The molecular weight excluding hydrogens is 268 g/mol. The van der Waals surface area contributed by atoms with Crippen molar-refractivity contribution in [2.75, 3.05) is 5.32 Å². The van der Waals surface area contributed by atoms with Gasteiger partial charge in [-0.25, -0.2) is 9.97 Å². The van der Waals surface area contributed by atoms with Gasteiger partial charge in [0.25, 0.3) is 0 Å². The lowest BCUT2D eigenvalue weighted by molar-refractivity contribution is 0.797. The maximum Gasteiger partial charge on any atom is 0.0949 e. The topological polar surface area (TPSA) is 42.7 Å². The second kappa shape index (κ2) is 5.88. The van der Waals surface area contributed by atoms with Gasteiger partial charge >= 0.3 is 0 Å². The Labute approximate surface area is 122 Å². The SMILES string of the molecule is Cc1ncsc1CNc1cccc(Cn2ccnc2)c1. The van der Waals surface area contributed by atoms with Gasteiger partial charge in [0.1, 0.15) is 0 Å². The van der Waals surface area contributed by atoms with E-state index in [1.165, 1.54) is 10.4 Å². The van der Waals surface area contributed by atoms with Crippen LogP contribution in [0.15, 0.2) is 48.5 Å². The van der Waals surface area contributed by atoms with Crippen molar-refractivity contribution in [1.82, 2.24) is 14.5 Å². The van der Waals surface area contributed by atoms with E-state index in [0.717, 1.165) is 24.5 Å². The van der Waals surface area contributed by atoms with Gasteiger partial charge in [0, 0.05) is 29.5 Å². The van der Waals surface area contributed by atoms with E-state index >= 15 is 0 Å². The Morgan fingerprint density at radius 3 is 3.05 bits per heavy atom. The highest BCUT2D eigenvalue weighted by atomic mass is 32.1. The first kappa shape index (κ1) is 12.9. The molecule has 3 rings (SSSR count). The van der Waals surface area contributed by atoms with Gasteiger partial charge in [0.2, 0.25) is 0 Å². The van der Waals surface area contributed by atoms with Crippen molar-refractivity contribution in [3.63, 3.8) is 0 Å². The van der Waals surface area contributed by atoms with Crippen LogP contribution in [0.5, 0.6) is 0 Å². The van der Waals surface area contributed by atoms with Crippen molar-refractivity contribution >= 4 is 17.0 Å². The van der Waals surface area contributed by atoms with Gasteiger partial charge in [-0.2, -0.15) is 0 Å². The van der Waals surface area contributed by atoms with E-state index in [2.05, 4.69) is 44.1 Å². The fourth-order valence-electron chi connectivity index (χ4n) is 2.05. The molecule has 2 heterocycles. The molecule has 5 heteroatoms.